The van der Waals surface area contributed by atoms with E-state index in [1.165, 1.54) is 0 Å². The Hall–Kier alpha value is -2.67. The zero-order chi connectivity index (χ0) is 16.5. The minimum atomic E-state index is 0.479. The first-order chi connectivity index (χ1) is 11.7. The van der Waals surface area contributed by atoms with Crippen molar-refractivity contribution >= 4 is 22.7 Å². The predicted molar refractivity (Wildman–Crippen MR) is 90.6 cm³/mol. The Morgan fingerprint density at radius 2 is 1.92 bits per heavy atom. The number of hydrogen-bond donors (Lipinski definition) is 0. The molecule has 0 radical (unpaired) electrons. The summed E-state index contributed by atoms with van der Waals surface area (Å²) in [7, 11) is 0. The van der Waals surface area contributed by atoms with Gasteiger partial charge in [0.25, 0.3) is 5.89 Å². The molecule has 0 aliphatic heterocycles. The quantitative estimate of drug-likeness (QED) is 0.408. The van der Waals surface area contributed by atoms with Gasteiger partial charge in [0, 0.05) is 5.39 Å². The summed E-state index contributed by atoms with van der Waals surface area (Å²) in [4.78, 5) is 8.62. The van der Waals surface area contributed by atoms with Gasteiger partial charge in [0.05, 0.1) is 16.8 Å². The van der Waals surface area contributed by atoms with Crippen molar-refractivity contribution < 1.29 is 8.83 Å². The Kier molecular flexibility index (Phi) is 3.78. The van der Waals surface area contributed by atoms with Crippen LogP contribution in [0.5, 0.6) is 0 Å². The highest BCUT2D eigenvalue weighted by atomic mass is 32.2. The summed E-state index contributed by atoms with van der Waals surface area (Å²) in [6, 6.07) is 9.82. The van der Waals surface area contributed by atoms with E-state index in [-0.39, 0.29) is 0 Å². The maximum Gasteiger partial charge on any atom is 0.251 e. The fourth-order valence-corrected chi connectivity index (χ4v) is 3.32. The number of nitrogens with zero attached hydrogens (tertiary/aromatic N) is 4. The van der Waals surface area contributed by atoms with E-state index in [1.807, 2.05) is 44.2 Å². The number of furan rings is 1. The van der Waals surface area contributed by atoms with E-state index in [0.29, 0.717) is 17.5 Å². The van der Waals surface area contributed by atoms with Crippen molar-refractivity contribution in [1.29, 1.82) is 0 Å². The Morgan fingerprint density at radius 1 is 1.04 bits per heavy atom. The minimum absolute atomic E-state index is 0.479. The molecular formula is C17H14N4O2S. The summed E-state index contributed by atoms with van der Waals surface area (Å²) in [5.41, 5.74) is 1.76. The second kappa shape index (κ2) is 6.09. The second-order valence-corrected chi connectivity index (χ2v) is 6.28. The highest BCUT2D eigenvalue weighted by Gasteiger charge is 2.15. The van der Waals surface area contributed by atoms with Crippen molar-refractivity contribution in [2.45, 2.75) is 24.6 Å². The van der Waals surface area contributed by atoms with Crippen molar-refractivity contribution in [2.24, 2.45) is 0 Å². The lowest BCUT2D eigenvalue weighted by molar-refractivity contribution is 0.499. The van der Waals surface area contributed by atoms with Gasteiger partial charge in [0.15, 0.2) is 0 Å². The molecule has 4 rings (SSSR count). The first-order valence-corrected chi connectivity index (χ1v) is 8.41. The SMILES string of the molecule is Cc1cc(-c2nnc(CSc3ncnc4ccccc34)o2)c(C)o1. The summed E-state index contributed by atoms with van der Waals surface area (Å²) in [6.45, 7) is 3.78. The number of benzene rings is 1. The molecular weight excluding hydrogens is 324 g/mol. The maximum absolute atomic E-state index is 5.75. The molecule has 0 saturated heterocycles. The lowest BCUT2D eigenvalue weighted by Gasteiger charge is -2.02. The van der Waals surface area contributed by atoms with Gasteiger partial charge < -0.3 is 8.83 Å². The average Bonchev–Trinajstić information content (AvgIpc) is 3.18. The Bertz CT molecular complexity index is 1000. The van der Waals surface area contributed by atoms with Crippen LogP contribution < -0.4 is 0 Å². The van der Waals surface area contributed by atoms with Crippen LogP contribution >= 0.6 is 11.8 Å². The predicted octanol–water partition coefficient (Wildman–Crippen LogP) is 4.18. The van der Waals surface area contributed by atoms with Gasteiger partial charge in [0.2, 0.25) is 5.89 Å². The molecule has 7 heteroatoms. The maximum atomic E-state index is 5.75. The van der Waals surface area contributed by atoms with Crippen LogP contribution in [-0.2, 0) is 5.75 Å². The van der Waals surface area contributed by atoms with Gasteiger partial charge in [-0.2, -0.15) is 0 Å². The normalized spacial score (nSPS) is 11.2. The molecule has 0 amide bonds. The number of para-hydroxylation sites is 1. The molecule has 120 valence electrons. The van der Waals surface area contributed by atoms with Crippen LogP contribution in [0.2, 0.25) is 0 Å². The topological polar surface area (TPSA) is 77.8 Å². The third-order valence-electron chi connectivity index (χ3n) is 3.58. The van der Waals surface area contributed by atoms with Crippen LogP contribution in [0.4, 0.5) is 0 Å². The Morgan fingerprint density at radius 3 is 2.75 bits per heavy atom. The molecule has 0 aliphatic carbocycles. The van der Waals surface area contributed by atoms with Gasteiger partial charge in [-0.15, -0.1) is 10.2 Å². The number of aromatic nitrogens is 4. The summed E-state index contributed by atoms with van der Waals surface area (Å²) in [5.74, 6) is 3.17. The fraction of sp³-hybridized carbons (Fsp3) is 0.176. The third-order valence-corrected chi connectivity index (χ3v) is 4.57. The molecule has 1 aromatic carbocycles. The molecule has 0 atom stereocenters. The monoisotopic (exact) mass is 338 g/mol. The molecule has 0 unspecified atom stereocenters. The number of thioether (sulfide) groups is 1. The zero-order valence-corrected chi connectivity index (χ0v) is 14.0. The summed E-state index contributed by atoms with van der Waals surface area (Å²) in [5, 5.41) is 10.1. The van der Waals surface area contributed by atoms with Crippen LogP contribution in [0.1, 0.15) is 17.4 Å². The van der Waals surface area contributed by atoms with Crippen LogP contribution in [0.3, 0.4) is 0 Å². The zero-order valence-electron chi connectivity index (χ0n) is 13.2. The van der Waals surface area contributed by atoms with E-state index >= 15 is 0 Å². The highest BCUT2D eigenvalue weighted by Crippen LogP contribution is 2.29. The lowest BCUT2D eigenvalue weighted by atomic mass is 10.2. The number of aryl methyl sites for hydroxylation is 2. The molecule has 0 bridgehead atoms. The van der Waals surface area contributed by atoms with Gasteiger partial charge in [-0.3, -0.25) is 0 Å². The summed E-state index contributed by atoms with van der Waals surface area (Å²) >= 11 is 1.55. The van der Waals surface area contributed by atoms with Crippen molar-refractivity contribution in [3.05, 3.63) is 54.1 Å². The van der Waals surface area contributed by atoms with Crippen LogP contribution in [0.25, 0.3) is 22.4 Å². The smallest absolute Gasteiger partial charge is 0.251 e. The van der Waals surface area contributed by atoms with Crippen molar-refractivity contribution in [1.82, 2.24) is 20.2 Å². The molecule has 24 heavy (non-hydrogen) atoms. The van der Waals surface area contributed by atoms with Gasteiger partial charge in [-0.1, -0.05) is 30.0 Å². The van der Waals surface area contributed by atoms with Crippen molar-refractivity contribution in [3.8, 4) is 11.5 Å². The summed E-state index contributed by atoms with van der Waals surface area (Å²) < 4.78 is 11.3. The summed E-state index contributed by atoms with van der Waals surface area (Å²) in [6.07, 6.45) is 1.57. The van der Waals surface area contributed by atoms with E-state index in [0.717, 1.165) is 33.0 Å². The van der Waals surface area contributed by atoms with Crippen LogP contribution in [0.15, 0.2) is 50.5 Å². The van der Waals surface area contributed by atoms with Gasteiger partial charge in [-0.25, -0.2) is 9.97 Å². The largest absolute Gasteiger partial charge is 0.466 e. The standard InChI is InChI=1S/C17H14N4O2S/c1-10-7-13(11(2)22-10)16-21-20-15(23-16)8-24-17-12-5-3-4-6-14(12)18-9-19-17/h3-7,9H,8H2,1-2H3. The van der Waals surface area contributed by atoms with E-state index in [2.05, 4.69) is 20.2 Å². The first-order valence-electron chi connectivity index (χ1n) is 7.43. The van der Waals surface area contributed by atoms with Crippen molar-refractivity contribution in [3.63, 3.8) is 0 Å². The van der Waals surface area contributed by atoms with Crippen molar-refractivity contribution in [2.75, 3.05) is 0 Å². The lowest BCUT2D eigenvalue weighted by Crippen LogP contribution is -1.88. The van der Waals surface area contributed by atoms with Gasteiger partial charge in [-0.05, 0) is 26.0 Å². The molecule has 0 saturated carbocycles. The molecule has 0 aliphatic rings. The molecule has 3 aromatic heterocycles. The van der Waals surface area contributed by atoms with Crippen LogP contribution in [-0.4, -0.2) is 20.2 Å². The van der Waals surface area contributed by atoms with Gasteiger partial charge >= 0.3 is 0 Å². The molecule has 6 nitrogen and oxygen atoms in total. The second-order valence-electron chi connectivity index (χ2n) is 5.31. The molecule has 4 aromatic rings. The average molecular weight is 338 g/mol. The molecule has 0 spiro atoms. The number of hydrogen-bond acceptors (Lipinski definition) is 7. The first kappa shape index (κ1) is 14.9. The van der Waals surface area contributed by atoms with E-state index in [1.54, 1.807) is 18.1 Å². The minimum Gasteiger partial charge on any atom is -0.466 e. The van der Waals surface area contributed by atoms with E-state index in [4.69, 9.17) is 8.83 Å². The van der Waals surface area contributed by atoms with E-state index in [9.17, 15) is 0 Å². The molecule has 3 heterocycles. The van der Waals surface area contributed by atoms with Crippen LogP contribution in [0, 0.1) is 13.8 Å². The number of fused-ring (bicyclic) bond motifs is 1. The Balaban J connectivity index is 1.55. The Labute approximate surface area is 142 Å². The highest BCUT2D eigenvalue weighted by molar-refractivity contribution is 7.98. The fourth-order valence-electron chi connectivity index (χ4n) is 2.49. The van der Waals surface area contributed by atoms with Gasteiger partial charge in [0.1, 0.15) is 22.9 Å². The number of rotatable bonds is 4. The molecule has 0 fully saturated rings. The van der Waals surface area contributed by atoms with E-state index < -0.39 is 0 Å². The third kappa shape index (κ3) is 2.78. The molecule has 0 N–H and O–H groups in total.